The van der Waals surface area contributed by atoms with Crippen LogP contribution < -0.4 is 5.32 Å². The van der Waals surface area contributed by atoms with Gasteiger partial charge in [-0.1, -0.05) is 59.9 Å². The van der Waals surface area contributed by atoms with Gasteiger partial charge >= 0.3 is 0 Å². The van der Waals surface area contributed by atoms with Crippen molar-refractivity contribution in [1.29, 1.82) is 0 Å². The molecule has 162 valence electrons. The Hall–Kier alpha value is -2.62. The predicted octanol–water partition coefficient (Wildman–Crippen LogP) is 3.74. The summed E-state index contributed by atoms with van der Waals surface area (Å²) >= 11 is 0.882. The van der Waals surface area contributed by atoms with Gasteiger partial charge in [0.15, 0.2) is 0 Å². The van der Waals surface area contributed by atoms with Crippen LogP contribution in [0.5, 0.6) is 0 Å². The minimum atomic E-state index is -3.72. The molecule has 3 aromatic rings. The Morgan fingerprint density at radius 3 is 2.45 bits per heavy atom. The van der Waals surface area contributed by atoms with Crippen molar-refractivity contribution >= 4 is 32.4 Å². The molecule has 0 saturated carbocycles. The van der Waals surface area contributed by atoms with Crippen molar-refractivity contribution in [1.82, 2.24) is 14.5 Å². The van der Waals surface area contributed by atoms with Gasteiger partial charge in [-0.15, -0.1) is 10.2 Å². The number of piperidine rings is 1. The number of hydrogen-bond acceptors (Lipinski definition) is 6. The molecule has 7 nitrogen and oxygen atoms in total. The summed E-state index contributed by atoms with van der Waals surface area (Å²) in [6, 6.07) is 17.5. The monoisotopic (exact) mass is 456 g/mol. The summed E-state index contributed by atoms with van der Waals surface area (Å²) in [5.41, 5.74) is 2.63. The van der Waals surface area contributed by atoms with Crippen LogP contribution in [0.2, 0.25) is 0 Å². The van der Waals surface area contributed by atoms with Gasteiger partial charge in [0, 0.05) is 18.7 Å². The van der Waals surface area contributed by atoms with E-state index in [4.69, 9.17) is 0 Å². The zero-order valence-electron chi connectivity index (χ0n) is 17.2. The van der Waals surface area contributed by atoms with Crippen molar-refractivity contribution in [3.63, 3.8) is 0 Å². The highest BCUT2D eigenvalue weighted by Crippen LogP contribution is 2.29. The first-order valence-corrected chi connectivity index (χ1v) is 12.4. The maximum atomic E-state index is 13.0. The van der Waals surface area contributed by atoms with Gasteiger partial charge in [-0.3, -0.25) is 10.1 Å². The fraction of sp³-hybridized carbons (Fsp3) is 0.318. The fourth-order valence-electron chi connectivity index (χ4n) is 3.77. The van der Waals surface area contributed by atoms with Crippen LogP contribution in [0.25, 0.3) is 0 Å². The van der Waals surface area contributed by atoms with Gasteiger partial charge in [-0.05, 0) is 49.3 Å². The van der Waals surface area contributed by atoms with Crippen LogP contribution in [-0.4, -0.2) is 41.9 Å². The van der Waals surface area contributed by atoms with Crippen LogP contribution in [0, 0.1) is 12.8 Å². The van der Waals surface area contributed by atoms with Crippen LogP contribution in [0.1, 0.15) is 34.3 Å². The van der Waals surface area contributed by atoms with Crippen LogP contribution in [-0.2, 0) is 16.4 Å². The molecule has 1 aliphatic rings. The second-order valence-corrected chi connectivity index (χ2v) is 10.8. The number of sulfonamides is 1. The Morgan fingerprint density at radius 1 is 1.06 bits per heavy atom. The number of carbonyl (C=O) groups excluding carboxylic acids is 1. The largest absolute Gasteiger partial charge is 0.296 e. The highest BCUT2D eigenvalue weighted by atomic mass is 32.2. The molecule has 0 radical (unpaired) electrons. The number of aromatic nitrogens is 2. The Kier molecular flexibility index (Phi) is 6.45. The summed E-state index contributed by atoms with van der Waals surface area (Å²) in [7, 11) is -3.72. The lowest BCUT2D eigenvalue weighted by atomic mass is 9.91. The average Bonchev–Trinajstić information content (AvgIpc) is 3.24. The Labute approximate surface area is 186 Å². The zero-order valence-corrected chi connectivity index (χ0v) is 18.8. The van der Waals surface area contributed by atoms with Crippen LogP contribution in [0.15, 0.2) is 58.9 Å². The third-order valence-electron chi connectivity index (χ3n) is 5.52. The minimum Gasteiger partial charge on any atom is -0.296 e. The molecule has 9 heteroatoms. The van der Waals surface area contributed by atoms with Gasteiger partial charge in [0.25, 0.3) is 15.9 Å². The molecular weight excluding hydrogens is 432 g/mol. The van der Waals surface area contributed by atoms with E-state index in [0.717, 1.165) is 36.2 Å². The van der Waals surface area contributed by atoms with Gasteiger partial charge in [-0.25, -0.2) is 8.42 Å². The number of nitrogens with zero attached hydrogens (tertiary/aromatic N) is 3. The van der Waals surface area contributed by atoms with Crippen LogP contribution >= 0.6 is 11.3 Å². The number of anilines is 1. The second-order valence-electron chi connectivity index (χ2n) is 7.68. The Morgan fingerprint density at radius 2 is 1.74 bits per heavy atom. The van der Waals surface area contributed by atoms with Gasteiger partial charge in [-0.2, -0.15) is 4.31 Å². The number of benzene rings is 2. The van der Waals surface area contributed by atoms with Gasteiger partial charge in [0.1, 0.15) is 0 Å². The topological polar surface area (TPSA) is 92.3 Å². The normalized spacial score (nSPS) is 15.6. The average molecular weight is 457 g/mol. The summed E-state index contributed by atoms with van der Waals surface area (Å²) in [5, 5.41) is 10.5. The van der Waals surface area contributed by atoms with E-state index in [-0.39, 0.29) is 15.4 Å². The number of amides is 1. The van der Waals surface area contributed by atoms with E-state index in [1.54, 1.807) is 12.1 Å². The lowest BCUT2D eigenvalue weighted by Gasteiger charge is -2.30. The van der Waals surface area contributed by atoms with Gasteiger partial charge < -0.3 is 0 Å². The van der Waals surface area contributed by atoms with E-state index in [2.05, 4.69) is 27.6 Å². The number of carbonyl (C=O) groups is 1. The first-order valence-electron chi connectivity index (χ1n) is 10.2. The number of aryl methyl sites for hydroxylation is 1. The molecule has 2 aromatic carbocycles. The van der Waals surface area contributed by atoms with Crippen molar-refractivity contribution in [3.05, 3.63) is 71.3 Å². The molecule has 4 rings (SSSR count). The second kappa shape index (κ2) is 9.25. The standard InChI is InChI=1S/C22H24N4O3S2/c1-16-7-5-6-10-19(16)20(27)23-21-24-25-22(30-21)31(28,29)26-13-11-18(12-14-26)15-17-8-3-2-4-9-17/h2-10,18H,11-15H2,1H3,(H,23,24,27). The lowest BCUT2D eigenvalue weighted by molar-refractivity contribution is 0.102. The van der Waals surface area contributed by atoms with E-state index in [0.29, 0.717) is 24.6 Å². The SMILES string of the molecule is Cc1ccccc1C(=O)Nc1nnc(S(=O)(=O)N2CCC(Cc3ccccc3)CC2)s1. The maximum Gasteiger partial charge on any atom is 0.272 e. The Balaban J connectivity index is 1.38. The fourth-order valence-corrected chi connectivity index (χ4v) is 6.27. The molecule has 1 saturated heterocycles. The van der Waals surface area contributed by atoms with E-state index >= 15 is 0 Å². The first kappa shape index (κ1) is 21.6. The van der Waals surface area contributed by atoms with Crippen molar-refractivity contribution in [2.24, 2.45) is 5.92 Å². The lowest BCUT2D eigenvalue weighted by Crippen LogP contribution is -2.38. The van der Waals surface area contributed by atoms with Gasteiger partial charge in [0.05, 0.1) is 0 Å². The van der Waals surface area contributed by atoms with Crippen LogP contribution in [0.4, 0.5) is 5.13 Å². The molecule has 0 aliphatic carbocycles. The molecule has 0 bridgehead atoms. The van der Waals surface area contributed by atoms with Crippen LogP contribution in [0.3, 0.4) is 0 Å². The molecule has 2 heterocycles. The predicted molar refractivity (Wildman–Crippen MR) is 121 cm³/mol. The summed E-state index contributed by atoms with van der Waals surface area (Å²) in [4.78, 5) is 12.4. The Bertz CT molecular complexity index is 1150. The molecule has 1 aromatic heterocycles. The minimum absolute atomic E-state index is 0.0888. The molecule has 0 unspecified atom stereocenters. The van der Waals surface area contributed by atoms with Crippen molar-refractivity contribution < 1.29 is 13.2 Å². The smallest absolute Gasteiger partial charge is 0.272 e. The summed E-state index contributed by atoms with van der Waals surface area (Å²) in [6.07, 6.45) is 2.58. The number of hydrogen-bond donors (Lipinski definition) is 1. The molecule has 1 fully saturated rings. The maximum absolute atomic E-state index is 13.0. The molecule has 1 N–H and O–H groups in total. The number of nitrogens with one attached hydrogen (secondary N) is 1. The summed E-state index contributed by atoms with van der Waals surface area (Å²) in [6.45, 7) is 2.76. The highest BCUT2D eigenvalue weighted by molar-refractivity contribution is 7.91. The summed E-state index contributed by atoms with van der Waals surface area (Å²) in [5.74, 6) is 0.132. The quantitative estimate of drug-likeness (QED) is 0.571. The highest BCUT2D eigenvalue weighted by Gasteiger charge is 2.32. The third-order valence-corrected chi connectivity index (χ3v) is 8.60. The van der Waals surface area contributed by atoms with E-state index < -0.39 is 10.0 Å². The number of rotatable bonds is 6. The zero-order chi connectivity index (χ0) is 21.8. The van der Waals surface area contributed by atoms with Crippen molar-refractivity contribution in [3.8, 4) is 0 Å². The van der Waals surface area contributed by atoms with Crippen molar-refractivity contribution in [2.45, 2.75) is 30.5 Å². The molecule has 1 aliphatic heterocycles. The molecule has 1 amide bonds. The van der Waals surface area contributed by atoms with E-state index in [1.165, 1.54) is 9.87 Å². The molecular formula is C22H24N4O3S2. The molecule has 31 heavy (non-hydrogen) atoms. The molecule has 0 spiro atoms. The van der Waals surface area contributed by atoms with E-state index in [1.807, 2.05) is 37.3 Å². The van der Waals surface area contributed by atoms with Crippen molar-refractivity contribution in [2.75, 3.05) is 18.4 Å². The summed E-state index contributed by atoms with van der Waals surface area (Å²) < 4.78 is 27.4. The first-order chi connectivity index (χ1) is 14.9. The van der Waals surface area contributed by atoms with Gasteiger partial charge in [0.2, 0.25) is 9.47 Å². The molecule has 0 atom stereocenters. The third kappa shape index (κ3) is 5.00. The van der Waals surface area contributed by atoms with E-state index in [9.17, 15) is 13.2 Å².